The van der Waals surface area contributed by atoms with Crippen LogP contribution in [0.25, 0.3) is 0 Å². The topological polar surface area (TPSA) is 29.9 Å². The number of aromatic nitrogens is 2. The Morgan fingerprint density at radius 1 is 1.19 bits per heavy atom. The van der Waals surface area contributed by atoms with Crippen molar-refractivity contribution in [1.29, 1.82) is 0 Å². The summed E-state index contributed by atoms with van der Waals surface area (Å²) in [7, 11) is 0. The van der Waals surface area contributed by atoms with Crippen LogP contribution in [0.15, 0.2) is 12.3 Å². The molecule has 0 spiro atoms. The summed E-state index contributed by atoms with van der Waals surface area (Å²) in [5.74, 6) is 0.869. The molecule has 1 heterocycles. The van der Waals surface area contributed by atoms with Crippen molar-refractivity contribution in [3.05, 3.63) is 18.0 Å². The maximum absolute atomic E-state index is 4.89. The summed E-state index contributed by atoms with van der Waals surface area (Å²) in [5.41, 5.74) is 1.29. The van der Waals surface area contributed by atoms with Gasteiger partial charge in [0.15, 0.2) is 0 Å². The average Bonchev–Trinajstić information content (AvgIpc) is 3.24. The van der Waals surface area contributed by atoms with Crippen LogP contribution in [0.3, 0.4) is 0 Å². The molecule has 118 valence electrons. The molecular formula is C18H31N3. The van der Waals surface area contributed by atoms with Crippen LogP contribution in [0.2, 0.25) is 0 Å². The van der Waals surface area contributed by atoms with Crippen LogP contribution in [0.5, 0.6) is 0 Å². The first-order chi connectivity index (χ1) is 10.4. The third-order valence-corrected chi connectivity index (χ3v) is 5.42. The minimum Gasteiger partial charge on any atom is -0.313 e. The highest BCUT2D eigenvalue weighted by atomic mass is 15.3. The van der Waals surface area contributed by atoms with Crippen molar-refractivity contribution >= 4 is 0 Å². The van der Waals surface area contributed by atoms with Gasteiger partial charge in [0, 0.05) is 18.7 Å². The lowest BCUT2D eigenvalue weighted by Crippen LogP contribution is -2.37. The van der Waals surface area contributed by atoms with Gasteiger partial charge in [-0.3, -0.25) is 4.68 Å². The second-order valence-electron chi connectivity index (χ2n) is 7.03. The summed E-state index contributed by atoms with van der Waals surface area (Å²) in [6, 6.07) is 3.57. The Hall–Kier alpha value is -0.830. The smallest absolute Gasteiger partial charge is 0.0640 e. The second-order valence-corrected chi connectivity index (χ2v) is 7.03. The van der Waals surface area contributed by atoms with Gasteiger partial charge in [0.05, 0.1) is 11.7 Å². The summed E-state index contributed by atoms with van der Waals surface area (Å²) in [6.45, 7) is 3.40. The van der Waals surface area contributed by atoms with Gasteiger partial charge in [0.25, 0.3) is 0 Å². The van der Waals surface area contributed by atoms with E-state index in [-0.39, 0.29) is 0 Å². The molecule has 2 saturated carbocycles. The van der Waals surface area contributed by atoms with E-state index in [1.165, 1.54) is 63.5 Å². The lowest BCUT2D eigenvalue weighted by atomic mass is 9.94. The van der Waals surface area contributed by atoms with E-state index in [0.717, 1.165) is 18.9 Å². The highest BCUT2D eigenvalue weighted by Crippen LogP contribution is 2.31. The van der Waals surface area contributed by atoms with Crippen LogP contribution in [0.4, 0.5) is 0 Å². The van der Waals surface area contributed by atoms with Gasteiger partial charge in [0.1, 0.15) is 0 Å². The minimum atomic E-state index is 0.638. The van der Waals surface area contributed by atoms with Gasteiger partial charge in [-0.05, 0) is 50.6 Å². The summed E-state index contributed by atoms with van der Waals surface area (Å²) in [5, 5.41) is 8.68. The molecule has 1 N–H and O–H groups in total. The summed E-state index contributed by atoms with van der Waals surface area (Å²) < 4.78 is 2.24. The quantitative estimate of drug-likeness (QED) is 0.819. The van der Waals surface area contributed by atoms with Gasteiger partial charge >= 0.3 is 0 Å². The Balaban J connectivity index is 1.61. The zero-order valence-electron chi connectivity index (χ0n) is 13.6. The fourth-order valence-corrected chi connectivity index (χ4v) is 4.18. The van der Waals surface area contributed by atoms with E-state index in [9.17, 15) is 0 Å². The molecule has 2 fully saturated rings. The molecule has 1 aromatic rings. The van der Waals surface area contributed by atoms with E-state index in [1.807, 2.05) is 0 Å². The fraction of sp³-hybridized carbons (Fsp3) is 0.833. The van der Waals surface area contributed by atoms with Crippen molar-refractivity contribution in [2.45, 2.75) is 83.2 Å². The lowest BCUT2D eigenvalue weighted by molar-refractivity contribution is 0.352. The molecule has 21 heavy (non-hydrogen) atoms. The Morgan fingerprint density at radius 3 is 2.62 bits per heavy atom. The molecule has 0 saturated heterocycles. The molecule has 3 nitrogen and oxygen atoms in total. The molecule has 0 radical (unpaired) electrons. The van der Waals surface area contributed by atoms with Crippen molar-refractivity contribution in [3.63, 3.8) is 0 Å². The SMILES string of the molecule is CCCNC(Cc1ccn(C2CCCC2)n1)C1CCCC1. The van der Waals surface area contributed by atoms with Crippen LogP contribution in [-0.4, -0.2) is 22.4 Å². The largest absolute Gasteiger partial charge is 0.313 e. The van der Waals surface area contributed by atoms with E-state index in [2.05, 4.69) is 29.2 Å². The Kier molecular flexibility index (Phi) is 5.34. The van der Waals surface area contributed by atoms with Crippen molar-refractivity contribution in [2.24, 2.45) is 5.92 Å². The first-order valence-corrected chi connectivity index (χ1v) is 9.14. The van der Waals surface area contributed by atoms with Crippen molar-refractivity contribution in [2.75, 3.05) is 6.54 Å². The van der Waals surface area contributed by atoms with Crippen LogP contribution in [0.1, 0.15) is 76.4 Å². The predicted molar refractivity (Wildman–Crippen MR) is 87.5 cm³/mol. The number of rotatable bonds is 7. The number of hydrogen-bond acceptors (Lipinski definition) is 2. The van der Waals surface area contributed by atoms with E-state index in [4.69, 9.17) is 5.10 Å². The monoisotopic (exact) mass is 289 g/mol. The van der Waals surface area contributed by atoms with Crippen LogP contribution >= 0.6 is 0 Å². The van der Waals surface area contributed by atoms with Gasteiger partial charge in [-0.1, -0.05) is 32.6 Å². The van der Waals surface area contributed by atoms with Gasteiger partial charge in [-0.2, -0.15) is 5.10 Å². The first kappa shape index (κ1) is 15.1. The van der Waals surface area contributed by atoms with E-state index in [0.29, 0.717) is 12.1 Å². The molecule has 3 rings (SSSR count). The van der Waals surface area contributed by atoms with Crippen molar-refractivity contribution in [3.8, 4) is 0 Å². The second kappa shape index (κ2) is 7.44. The molecule has 0 amide bonds. The number of hydrogen-bond donors (Lipinski definition) is 1. The standard InChI is InChI=1S/C18H31N3/c1-2-12-19-18(15-7-3-4-8-15)14-16-11-13-21(20-16)17-9-5-6-10-17/h11,13,15,17-19H,2-10,12,14H2,1H3. The summed E-state index contributed by atoms with van der Waals surface area (Å²) >= 11 is 0. The molecular weight excluding hydrogens is 258 g/mol. The molecule has 2 aliphatic carbocycles. The van der Waals surface area contributed by atoms with Gasteiger partial charge < -0.3 is 5.32 Å². The highest BCUT2D eigenvalue weighted by Gasteiger charge is 2.25. The van der Waals surface area contributed by atoms with Crippen molar-refractivity contribution < 1.29 is 0 Å². The molecule has 3 heteroatoms. The maximum Gasteiger partial charge on any atom is 0.0640 e. The highest BCUT2D eigenvalue weighted by molar-refractivity contribution is 5.04. The number of nitrogens with zero attached hydrogens (tertiary/aromatic N) is 2. The van der Waals surface area contributed by atoms with E-state index >= 15 is 0 Å². The zero-order valence-corrected chi connectivity index (χ0v) is 13.6. The fourth-order valence-electron chi connectivity index (χ4n) is 4.18. The van der Waals surface area contributed by atoms with Crippen molar-refractivity contribution in [1.82, 2.24) is 15.1 Å². The third-order valence-electron chi connectivity index (χ3n) is 5.42. The Bertz CT molecular complexity index is 414. The van der Waals surface area contributed by atoms with E-state index < -0.39 is 0 Å². The minimum absolute atomic E-state index is 0.638. The molecule has 1 atom stereocenters. The average molecular weight is 289 g/mol. The number of nitrogens with one attached hydrogen (secondary N) is 1. The van der Waals surface area contributed by atoms with Gasteiger partial charge in [-0.15, -0.1) is 0 Å². The van der Waals surface area contributed by atoms with Crippen LogP contribution < -0.4 is 5.32 Å². The third kappa shape index (κ3) is 3.88. The molecule has 0 aliphatic heterocycles. The van der Waals surface area contributed by atoms with Crippen LogP contribution in [-0.2, 0) is 6.42 Å². The van der Waals surface area contributed by atoms with Gasteiger partial charge in [0.2, 0.25) is 0 Å². The normalized spacial score (nSPS) is 22.1. The lowest BCUT2D eigenvalue weighted by Gasteiger charge is -2.24. The summed E-state index contributed by atoms with van der Waals surface area (Å²) in [6.07, 6.45) is 15.6. The summed E-state index contributed by atoms with van der Waals surface area (Å²) in [4.78, 5) is 0. The Morgan fingerprint density at radius 2 is 1.90 bits per heavy atom. The zero-order chi connectivity index (χ0) is 14.5. The first-order valence-electron chi connectivity index (χ1n) is 9.14. The molecule has 1 unspecified atom stereocenters. The predicted octanol–water partition coefficient (Wildman–Crippen LogP) is 4.10. The maximum atomic E-state index is 4.89. The molecule has 0 aromatic carbocycles. The Labute approximate surface area is 129 Å². The molecule has 2 aliphatic rings. The van der Waals surface area contributed by atoms with E-state index in [1.54, 1.807) is 0 Å². The van der Waals surface area contributed by atoms with Gasteiger partial charge in [-0.25, -0.2) is 0 Å². The molecule has 0 bridgehead atoms. The molecule has 1 aromatic heterocycles. The van der Waals surface area contributed by atoms with Crippen LogP contribution in [0, 0.1) is 5.92 Å².